The Morgan fingerprint density at radius 3 is 2.83 bits per heavy atom. The van der Waals surface area contributed by atoms with Crippen LogP contribution < -0.4 is 10.1 Å². The standard InChI is InChI=1S/C14H23BrN2O/c1-4-6-11(3)18-14-12(9-16-7-5-2)8-13(15)10-17-14/h8,10-11,16H,4-7,9H2,1-3H3. The number of pyridine rings is 1. The Morgan fingerprint density at radius 1 is 1.39 bits per heavy atom. The highest BCUT2D eigenvalue weighted by Gasteiger charge is 2.09. The summed E-state index contributed by atoms with van der Waals surface area (Å²) in [5.74, 6) is 0.753. The van der Waals surface area contributed by atoms with Crippen molar-refractivity contribution in [2.24, 2.45) is 0 Å². The number of hydrogen-bond donors (Lipinski definition) is 1. The maximum absolute atomic E-state index is 5.90. The van der Waals surface area contributed by atoms with Crippen molar-refractivity contribution < 1.29 is 4.74 Å². The third-order valence-corrected chi connectivity index (χ3v) is 3.08. The van der Waals surface area contributed by atoms with Crippen LogP contribution in [0.3, 0.4) is 0 Å². The summed E-state index contributed by atoms with van der Waals surface area (Å²) >= 11 is 3.46. The van der Waals surface area contributed by atoms with Gasteiger partial charge in [-0.1, -0.05) is 20.3 Å². The largest absolute Gasteiger partial charge is 0.474 e. The van der Waals surface area contributed by atoms with Crippen LogP contribution in [0.5, 0.6) is 5.88 Å². The topological polar surface area (TPSA) is 34.2 Å². The van der Waals surface area contributed by atoms with Crippen LogP contribution in [0.25, 0.3) is 0 Å². The van der Waals surface area contributed by atoms with Gasteiger partial charge in [0.1, 0.15) is 0 Å². The van der Waals surface area contributed by atoms with E-state index in [1.54, 1.807) is 6.20 Å². The number of rotatable bonds is 8. The van der Waals surface area contributed by atoms with E-state index in [2.05, 4.69) is 53.1 Å². The number of nitrogens with zero attached hydrogens (tertiary/aromatic N) is 1. The summed E-state index contributed by atoms with van der Waals surface area (Å²) < 4.78 is 6.89. The lowest BCUT2D eigenvalue weighted by atomic mass is 10.2. The van der Waals surface area contributed by atoms with Gasteiger partial charge in [0, 0.05) is 22.8 Å². The maximum atomic E-state index is 5.90. The molecule has 1 N–H and O–H groups in total. The Labute approximate surface area is 118 Å². The van der Waals surface area contributed by atoms with Crippen LogP contribution in [0.15, 0.2) is 16.7 Å². The van der Waals surface area contributed by atoms with Gasteiger partial charge in [-0.2, -0.15) is 0 Å². The molecule has 1 aromatic heterocycles. The molecule has 0 aliphatic heterocycles. The van der Waals surface area contributed by atoms with Gasteiger partial charge in [-0.25, -0.2) is 4.98 Å². The van der Waals surface area contributed by atoms with Crippen molar-refractivity contribution in [3.05, 3.63) is 22.3 Å². The molecule has 3 nitrogen and oxygen atoms in total. The highest BCUT2D eigenvalue weighted by molar-refractivity contribution is 9.10. The van der Waals surface area contributed by atoms with Gasteiger partial charge in [-0.05, 0) is 48.3 Å². The fraction of sp³-hybridized carbons (Fsp3) is 0.643. The molecule has 0 fully saturated rings. The predicted molar refractivity (Wildman–Crippen MR) is 78.9 cm³/mol. The quantitative estimate of drug-likeness (QED) is 0.739. The van der Waals surface area contributed by atoms with E-state index >= 15 is 0 Å². The van der Waals surface area contributed by atoms with E-state index in [0.29, 0.717) is 0 Å². The summed E-state index contributed by atoms with van der Waals surface area (Å²) in [6.45, 7) is 8.23. The zero-order chi connectivity index (χ0) is 13.4. The molecule has 1 aromatic rings. The van der Waals surface area contributed by atoms with E-state index in [1.165, 1.54) is 0 Å². The molecule has 4 heteroatoms. The van der Waals surface area contributed by atoms with Gasteiger partial charge >= 0.3 is 0 Å². The van der Waals surface area contributed by atoms with Crippen LogP contribution in [0.1, 0.15) is 45.6 Å². The molecule has 1 rings (SSSR count). The van der Waals surface area contributed by atoms with Crippen molar-refractivity contribution >= 4 is 15.9 Å². The third kappa shape index (κ3) is 5.36. The fourth-order valence-electron chi connectivity index (χ4n) is 1.76. The molecule has 0 amide bonds. The first-order valence-corrected chi connectivity index (χ1v) is 7.48. The monoisotopic (exact) mass is 314 g/mol. The zero-order valence-corrected chi connectivity index (χ0v) is 13.1. The highest BCUT2D eigenvalue weighted by Crippen LogP contribution is 2.21. The molecule has 0 aromatic carbocycles. The van der Waals surface area contributed by atoms with E-state index < -0.39 is 0 Å². The molecule has 0 aliphatic carbocycles. The first-order valence-electron chi connectivity index (χ1n) is 6.69. The number of hydrogen-bond acceptors (Lipinski definition) is 3. The van der Waals surface area contributed by atoms with Crippen LogP contribution >= 0.6 is 15.9 Å². The van der Waals surface area contributed by atoms with Crippen molar-refractivity contribution in [2.75, 3.05) is 6.54 Å². The molecular formula is C14H23BrN2O. The highest BCUT2D eigenvalue weighted by atomic mass is 79.9. The van der Waals surface area contributed by atoms with Gasteiger partial charge in [0.2, 0.25) is 5.88 Å². The molecule has 0 spiro atoms. The van der Waals surface area contributed by atoms with E-state index in [-0.39, 0.29) is 6.10 Å². The van der Waals surface area contributed by atoms with Gasteiger partial charge in [0.25, 0.3) is 0 Å². The summed E-state index contributed by atoms with van der Waals surface area (Å²) in [4.78, 5) is 4.37. The Hall–Kier alpha value is -0.610. The molecule has 0 saturated carbocycles. The molecule has 1 unspecified atom stereocenters. The molecule has 102 valence electrons. The molecule has 0 radical (unpaired) electrons. The van der Waals surface area contributed by atoms with Crippen LogP contribution in [0.2, 0.25) is 0 Å². The minimum Gasteiger partial charge on any atom is -0.474 e. The first-order chi connectivity index (χ1) is 8.67. The van der Waals surface area contributed by atoms with E-state index in [1.807, 2.05) is 0 Å². The molecule has 18 heavy (non-hydrogen) atoms. The molecule has 0 bridgehead atoms. The second-order valence-corrected chi connectivity index (χ2v) is 5.43. The minimum atomic E-state index is 0.216. The lowest BCUT2D eigenvalue weighted by Gasteiger charge is -2.16. The molecule has 0 aliphatic rings. The average molecular weight is 315 g/mol. The summed E-state index contributed by atoms with van der Waals surface area (Å²) in [6.07, 6.45) is 5.32. The predicted octanol–water partition coefficient (Wildman–Crippen LogP) is 3.91. The van der Waals surface area contributed by atoms with Gasteiger partial charge in [-0.3, -0.25) is 0 Å². The number of ether oxygens (including phenoxy) is 1. The number of aromatic nitrogens is 1. The average Bonchev–Trinajstić information content (AvgIpc) is 2.33. The summed E-state index contributed by atoms with van der Waals surface area (Å²) in [5, 5.41) is 3.38. The fourth-order valence-corrected chi connectivity index (χ4v) is 2.14. The SMILES string of the molecule is CCCNCc1cc(Br)cnc1OC(C)CCC. The molecule has 1 atom stereocenters. The maximum Gasteiger partial charge on any atom is 0.218 e. The normalized spacial score (nSPS) is 12.4. The summed E-state index contributed by atoms with van der Waals surface area (Å²) in [7, 11) is 0. The first kappa shape index (κ1) is 15.4. The smallest absolute Gasteiger partial charge is 0.218 e. The lowest BCUT2D eigenvalue weighted by Crippen LogP contribution is -2.18. The number of halogens is 1. The summed E-state index contributed by atoms with van der Waals surface area (Å²) in [6, 6.07) is 2.07. The second-order valence-electron chi connectivity index (χ2n) is 4.51. The Balaban J connectivity index is 2.69. The van der Waals surface area contributed by atoms with Crippen molar-refractivity contribution in [1.82, 2.24) is 10.3 Å². The van der Waals surface area contributed by atoms with Crippen molar-refractivity contribution in [3.8, 4) is 5.88 Å². The van der Waals surface area contributed by atoms with Crippen LogP contribution in [-0.2, 0) is 6.54 Å². The van der Waals surface area contributed by atoms with Crippen molar-refractivity contribution in [2.45, 2.75) is 52.7 Å². The lowest BCUT2D eigenvalue weighted by molar-refractivity contribution is 0.199. The minimum absolute atomic E-state index is 0.216. The van der Waals surface area contributed by atoms with Gasteiger partial charge in [-0.15, -0.1) is 0 Å². The van der Waals surface area contributed by atoms with Gasteiger partial charge < -0.3 is 10.1 Å². The van der Waals surface area contributed by atoms with E-state index in [4.69, 9.17) is 4.74 Å². The second kappa shape index (κ2) is 8.48. The van der Waals surface area contributed by atoms with Gasteiger partial charge in [0.15, 0.2) is 0 Å². The third-order valence-electron chi connectivity index (χ3n) is 2.64. The van der Waals surface area contributed by atoms with E-state index in [0.717, 1.165) is 48.3 Å². The Bertz CT molecular complexity index is 358. The van der Waals surface area contributed by atoms with E-state index in [9.17, 15) is 0 Å². The Morgan fingerprint density at radius 2 is 2.17 bits per heavy atom. The van der Waals surface area contributed by atoms with Gasteiger partial charge in [0.05, 0.1) is 6.10 Å². The number of nitrogens with one attached hydrogen (secondary N) is 1. The molecule has 0 saturated heterocycles. The Kier molecular flexibility index (Phi) is 7.28. The van der Waals surface area contributed by atoms with Crippen molar-refractivity contribution in [1.29, 1.82) is 0 Å². The zero-order valence-electron chi connectivity index (χ0n) is 11.5. The van der Waals surface area contributed by atoms with Crippen LogP contribution in [0, 0.1) is 0 Å². The van der Waals surface area contributed by atoms with Crippen molar-refractivity contribution in [3.63, 3.8) is 0 Å². The van der Waals surface area contributed by atoms with Crippen LogP contribution in [0.4, 0.5) is 0 Å². The molecular weight excluding hydrogens is 292 g/mol. The molecule has 1 heterocycles. The summed E-state index contributed by atoms with van der Waals surface area (Å²) in [5.41, 5.74) is 1.11. The van der Waals surface area contributed by atoms with Crippen LogP contribution in [-0.4, -0.2) is 17.6 Å².